The number of anilines is 1. The lowest BCUT2D eigenvalue weighted by atomic mass is 9.97. The van der Waals surface area contributed by atoms with Gasteiger partial charge in [0.25, 0.3) is 5.91 Å². The number of rotatable bonds is 9. The minimum absolute atomic E-state index is 0.0627. The van der Waals surface area contributed by atoms with Crippen molar-refractivity contribution in [2.24, 2.45) is 11.7 Å². The Morgan fingerprint density at radius 2 is 1.97 bits per heavy atom. The van der Waals surface area contributed by atoms with E-state index in [1.807, 2.05) is 29.6 Å². The molecule has 0 aliphatic carbocycles. The molecular weight excluding hydrogens is 400 g/mol. The highest BCUT2D eigenvalue weighted by molar-refractivity contribution is 7.08. The first-order valence-corrected chi connectivity index (χ1v) is 11.2. The molecule has 0 radical (unpaired) electrons. The Morgan fingerprint density at radius 3 is 2.67 bits per heavy atom. The fourth-order valence-electron chi connectivity index (χ4n) is 3.55. The molecule has 2 heterocycles. The molecule has 2 aromatic rings. The van der Waals surface area contributed by atoms with Crippen molar-refractivity contribution in [3.8, 4) is 0 Å². The first-order valence-electron chi connectivity index (χ1n) is 10.2. The molecule has 1 aliphatic heterocycles. The second-order valence-electron chi connectivity index (χ2n) is 7.59. The zero-order valence-electron chi connectivity index (χ0n) is 16.9. The minimum atomic E-state index is -0.219. The number of nitrogens with two attached hydrogens (primary N) is 1. The molecule has 1 fully saturated rings. The number of carbonyl (C=O) groups excluding carboxylic acids is 3. The van der Waals surface area contributed by atoms with Crippen LogP contribution in [0.1, 0.15) is 41.6 Å². The van der Waals surface area contributed by atoms with Crippen LogP contribution in [-0.4, -0.2) is 42.3 Å². The fraction of sp³-hybridized carbons (Fsp3) is 0.409. The highest BCUT2D eigenvalue weighted by atomic mass is 32.1. The number of piperidine rings is 1. The molecule has 1 atom stereocenters. The highest BCUT2D eigenvalue weighted by Gasteiger charge is 2.23. The summed E-state index contributed by atoms with van der Waals surface area (Å²) in [6.45, 7) is 2.90. The summed E-state index contributed by atoms with van der Waals surface area (Å²) in [7, 11) is 0. The third kappa shape index (κ3) is 6.67. The molecule has 1 aliphatic rings. The second-order valence-corrected chi connectivity index (χ2v) is 8.37. The van der Waals surface area contributed by atoms with Gasteiger partial charge in [-0.25, -0.2) is 0 Å². The van der Waals surface area contributed by atoms with E-state index in [-0.39, 0.29) is 23.6 Å². The van der Waals surface area contributed by atoms with Crippen molar-refractivity contribution in [3.63, 3.8) is 0 Å². The SMILES string of the molecule is NC(=O)C1CCCN(Cc2ccc(NC(=O)CCCNC(=O)c3ccsc3)cc2)C1. The van der Waals surface area contributed by atoms with Gasteiger partial charge in [0.15, 0.2) is 0 Å². The highest BCUT2D eigenvalue weighted by Crippen LogP contribution is 2.19. The van der Waals surface area contributed by atoms with Gasteiger partial charge in [-0.2, -0.15) is 11.3 Å². The molecule has 3 rings (SSSR count). The largest absolute Gasteiger partial charge is 0.369 e. The lowest BCUT2D eigenvalue weighted by Gasteiger charge is -2.31. The molecule has 7 nitrogen and oxygen atoms in total. The van der Waals surface area contributed by atoms with E-state index >= 15 is 0 Å². The average Bonchev–Trinajstić information content (AvgIpc) is 3.28. The number of thiophene rings is 1. The maximum atomic E-state index is 12.1. The molecule has 0 saturated carbocycles. The lowest BCUT2D eigenvalue weighted by molar-refractivity contribution is -0.123. The number of likely N-dealkylation sites (tertiary alicyclic amines) is 1. The van der Waals surface area contributed by atoms with E-state index in [9.17, 15) is 14.4 Å². The van der Waals surface area contributed by atoms with Crippen LogP contribution in [0.2, 0.25) is 0 Å². The summed E-state index contributed by atoms with van der Waals surface area (Å²) in [4.78, 5) is 37.6. The van der Waals surface area contributed by atoms with Crippen molar-refractivity contribution in [3.05, 3.63) is 52.2 Å². The van der Waals surface area contributed by atoms with Crippen molar-refractivity contribution >= 4 is 34.7 Å². The van der Waals surface area contributed by atoms with Crippen LogP contribution in [0.25, 0.3) is 0 Å². The van der Waals surface area contributed by atoms with Gasteiger partial charge in [0, 0.05) is 42.7 Å². The summed E-state index contributed by atoms with van der Waals surface area (Å²) in [5.41, 5.74) is 7.98. The Morgan fingerprint density at radius 1 is 1.17 bits per heavy atom. The van der Waals surface area contributed by atoms with E-state index in [1.165, 1.54) is 11.3 Å². The first kappa shape index (κ1) is 22.0. The van der Waals surface area contributed by atoms with Gasteiger partial charge in [-0.15, -0.1) is 0 Å². The summed E-state index contributed by atoms with van der Waals surface area (Å²) in [6, 6.07) is 9.54. The summed E-state index contributed by atoms with van der Waals surface area (Å²) in [6.07, 6.45) is 2.77. The van der Waals surface area contributed by atoms with E-state index in [0.717, 1.165) is 37.2 Å². The molecule has 30 heavy (non-hydrogen) atoms. The van der Waals surface area contributed by atoms with Crippen LogP contribution in [0.15, 0.2) is 41.1 Å². The number of nitrogens with zero attached hydrogens (tertiary/aromatic N) is 1. The Bertz CT molecular complexity index is 852. The number of nitrogens with one attached hydrogen (secondary N) is 2. The van der Waals surface area contributed by atoms with Crippen LogP contribution >= 0.6 is 11.3 Å². The van der Waals surface area contributed by atoms with E-state index in [4.69, 9.17) is 5.73 Å². The number of benzene rings is 1. The van der Waals surface area contributed by atoms with E-state index in [0.29, 0.717) is 31.5 Å². The molecule has 1 saturated heterocycles. The van der Waals surface area contributed by atoms with Crippen LogP contribution in [-0.2, 0) is 16.1 Å². The van der Waals surface area contributed by atoms with Crippen LogP contribution in [0.3, 0.4) is 0 Å². The monoisotopic (exact) mass is 428 g/mol. The summed E-state index contributed by atoms with van der Waals surface area (Å²) in [5.74, 6) is -0.466. The minimum Gasteiger partial charge on any atom is -0.369 e. The molecule has 8 heteroatoms. The number of carbonyl (C=O) groups is 3. The Hall–Kier alpha value is -2.71. The van der Waals surface area contributed by atoms with Crippen molar-refractivity contribution in [2.45, 2.75) is 32.2 Å². The van der Waals surface area contributed by atoms with Crippen LogP contribution in [0, 0.1) is 5.92 Å². The molecule has 160 valence electrons. The van der Waals surface area contributed by atoms with Gasteiger partial charge in [-0.05, 0) is 54.9 Å². The Labute approximate surface area is 180 Å². The maximum Gasteiger partial charge on any atom is 0.252 e. The Kier molecular flexibility index (Phi) is 7.98. The van der Waals surface area contributed by atoms with Gasteiger partial charge in [0.1, 0.15) is 0 Å². The first-order chi connectivity index (χ1) is 14.5. The zero-order chi connectivity index (χ0) is 21.3. The number of hydrogen-bond donors (Lipinski definition) is 3. The summed E-state index contributed by atoms with van der Waals surface area (Å²) >= 11 is 1.48. The van der Waals surface area contributed by atoms with E-state index in [1.54, 1.807) is 11.4 Å². The molecule has 1 unspecified atom stereocenters. The molecule has 0 bridgehead atoms. The van der Waals surface area contributed by atoms with Crippen molar-refractivity contribution < 1.29 is 14.4 Å². The van der Waals surface area contributed by atoms with Gasteiger partial charge >= 0.3 is 0 Å². The van der Waals surface area contributed by atoms with Crippen LogP contribution < -0.4 is 16.4 Å². The molecule has 1 aromatic heterocycles. The van der Waals surface area contributed by atoms with Gasteiger partial charge < -0.3 is 16.4 Å². The predicted molar refractivity (Wildman–Crippen MR) is 118 cm³/mol. The normalized spacial score (nSPS) is 16.7. The molecular formula is C22H28N4O3S. The molecule has 0 spiro atoms. The summed E-state index contributed by atoms with van der Waals surface area (Å²) < 4.78 is 0. The fourth-order valence-corrected chi connectivity index (χ4v) is 4.19. The standard InChI is InChI=1S/C22H28N4O3S/c23-21(28)17-3-2-11-26(14-17)13-16-5-7-19(8-6-16)25-20(27)4-1-10-24-22(29)18-9-12-30-15-18/h5-9,12,15,17H,1-4,10-11,13-14H2,(H2,23,28)(H,24,29)(H,25,27). The Balaban J connectivity index is 1.37. The number of amides is 3. The average molecular weight is 429 g/mol. The van der Waals surface area contributed by atoms with Gasteiger partial charge in [0.05, 0.1) is 5.92 Å². The van der Waals surface area contributed by atoms with Gasteiger partial charge in [0.2, 0.25) is 11.8 Å². The third-order valence-corrected chi connectivity index (χ3v) is 5.88. The van der Waals surface area contributed by atoms with E-state index < -0.39 is 0 Å². The molecule has 1 aromatic carbocycles. The van der Waals surface area contributed by atoms with Gasteiger partial charge in [-0.3, -0.25) is 19.3 Å². The topological polar surface area (TPSA) is 105 Å². The smallest absolute Gasteiger partial charge is 0.252 e. The van der Waals surface area contributed by atoms with E-state index in [2.05, 4.69) is 15.5 Å². The van der Waals surface area contributed by atoms with Crippen molar-refractivity contribution in [1.82, 2.24) is 10.2 Å². The molecule has 4 N–H and O–H groups in total. The third-order valence-electron chi connectivity index (χ3n) is 5.20. The quantitative estimate of drug-likeness (QED) is 0.534. The van der Waals surface area contributed by atoms with Crippen LogP contribution in [0.5, 0.6) is 0 Å². The van der Waals surface area contributed by atoms with Crippen molar-refractivity contribution in [1.29, 1.82) is 0 Å². The lowest BCUT2D eigenvalue weighted by Crippen LogP contribution is -2.40. The van der Waals surface area contributed by atoms with Gasteiger partial charge in [-0.1, -0.05) is 12.1 Å². The number of hydrogen-bond acceptors (Lipinski definition) is 5. The van der Waals surface area contributed by atoms with Crippen LogP contribution in [0.4, 0.5) is 5.69 Å². The summed E-state index contributed by atoms with van der Waals surface area (Å²) in [5, 5.41) is 9.36. The molecule has 3 amide bonds. The predicted octanol–water partition coefficient (Wildman–Crippen LogP) is 2.59. The van der Waals surface area contributed by atoms with Crippen molar-refractivity contribution in [2.75, 3.05) is 25.0 Å². The number of primary amides is 1. The zero-order valence-corrected chi connectivity index (χ0v) is 17.7. The maximum absolute atomic E-state index is 12.1. The second kappa shape index (κ2) is 10.9.